The quantitative estimate of drug-likeness (QED) is 0.662. The number of rotatable bonds is 5. The predicted molar refractivity (Wildman–Crippen MR) is 96.1 cm³/mol. The van der Waals surface area contributed by atoms with Crippen molar-refractivity contribution in [2.24, 2.45) is 0 Å². The van der Waals surface area contributed by atoms with Crippen molar-refractivity contribution in [2.75, 3.05) is 39.5 Å². The Morgan fingerprint density at radius 1 is 1.22 bits per heavy atom. The van der Waals surface area contributed by atoms with E-state index in [9.17, 15) is 19.5 Å². The first-order valence-corrected chi connectivity index (χ1v) is 9.79. The summed E-state index contributed by atoms with van der Waals surface area (Å²) in [4.78, 5) is 44.0. The maximum Gasteiger partial charge on any atom is 0.328 e. The fourth-order valence-electron chi connectivity index (χ4n) is 4.50. The minimum atomic E-state index is -0.988. The third kappa shape index (κ3) is 3.47. The van der Waals surface area contributed by atoms with Gasteiger partial charge in [0.25, 0.3) is 5.91 Å². The third-order valence-electron chi connectivity index (χ3n) is 5.98. The fourth-order valence-corrected chi connectivity index (χ4v) is 4.50. The van der Waals surface area contributed by atoms with E-state index in [1.54, 1.807) is 6.20 Å². The predicted octanol–water partition coefficient (Wildman–Crippen LogP) is -0.580. The number of fused-ring (bicyclic) bond motifs is 1. The van der Waals surface area contributed by atoms with Crippen LogP contribution in [0.1, 0.15) is 32.1 Å². The number of carbonyl (C=O) groups excluding carboxylic acids is 2. The summed E-state index contributed by atoms with van der Waals surface area (Å²) in [6.07, 6.45) is 5.79. The molecule has 2 N–H and O–H groups in total. The summed E-state index contributed by atoms with van der Waals surface area (Å²) in [5.41, 5.74) is 0.641. The van der Waals surface area contributed by atoms with Gasteiger partial charge in [0.05, 0.1) is 19.9 Å². The second kappa shape index (κ2) is 7.38. The summed E-state index contributed by atoms with van der Waals surface area (Å²) in [5, 5.41) is 13.0. The van der Waals surface area contributed by atoms with Crippen LogP contribution in [-0.2, 0) is 14.4 Å². The first-order chi connectivity index (χ1) is 13.0. The molecule has 9 nitrogen and oxygen atoms in total. The van der Waals surface area contributed by atoms with E-state index < -0.39 is 12.0 Å². The summed E-state index contributed by atoms with van der Waals surface area (Å²) in [7, 11) is 0. The lowest BCUT2D eigenvalue weighted by Crippen LogP contribution is -2.52. The lowest BCUT2D eigenvalue weighted by molar-refractivity contribution is -0.152. The van der Waals surface area contributed by atoms with E-state index in [0.29, 0.717) is 32.0 Å². The molecule has 9 heteroatoms. The van der Waals surface area contributed by atoms with Gasteiger partial charge in [0, 0.05) is 25.2 Å². The molecule has 0 bridgehead atoms. The molecule has 3 saturated heterocycles. The number of nitrogens with one attached hydrogen (secondary N) is 1. The molecular weight excluding hydrogens is 350 g/mol. The minimum Gasteiger partial charge on any atom is -0.480 e. The Morgan fingerprint density at radius 3 is 2.67 bits per heavy atom. The van der Waals surface area contributed by atoms with Gasteiger partial charge in [-0.25, -0.2) is 4.79 Å². The molecule has 0 aromatic heterocycles. The van der Waals surface area contributed by atoms with E-state index >= 15 is 0 Å². The fraction of sp³-hybridized carbons (Fsp3) is 0.722. The van der Waals surface area contributed by atoms with Crippen LogP contribution in [0.3, 0.4) is 0 Å². The van der Waals surface area contributed by atoms with Crippen molar-refractivity contribution in [2.45, 2.75) is 44.2 Å². The number of likely N-dealkylation sites (tertiary alicyclic amines) is 1. The summed E-state index contributed by atoms with van der Waals surface area (Å²) >= 11 is 0. The number of piperidine rings is 2. The summed E-state index contributed by atoms with van der Waals surface area (Å²) < 4.78 is 0. The highest BCUT2D eigenvalue weighted by Crippen LogP contribution is 2.29. The molecule has 148 valence electrons. The zero-order chi connectivity index (χ0) is 19.0. The molecule has 0 radical (unpaired) electrons. The highest BCUT2D eigenvalue weighted by Gasteiger charge is 2.42. The molecule has 1 unspecified atom stereocenters. The molecular formula is C18H27N5O4. The van der Waals surface area contributed by atoms with Crippen LogP contribution in [-0.4, -0.2) is 94.1 Å². The Bertz CT molecular complexity index is 660. The van der Waals surface area contributed by atoms with E-state index in [-0.39, 0.29) is 24.4 Å². The lowest BCUT2D eigenvalue weighted by Gasteiger charge is -2.35. The molecule has 2 amide bonds. The number of carboxylic acids is 1. The Morgan fingerprint density at radius 2 is 2.00 bits per heavy atom. The van der Waals surface area contributed by atoms with Gasteiger partial charge in [-0.3, -0.25) is 9.59 Å². The van der Waals surface area contributed by atoms with Gasteiger partial charge in [-0.15, -0.1) is 0 Å². The van der Waals surface area contributed by atoms with Crippen LogP contribution in [0.4, 0.5) is 0 Å². The zero-order valence-electron chi connectivity index (χ0n) is 15.5. The molecule has 0 spiro atoms. The van der Waals surface area contributed by atoms with E-state index in [1.807, 2.05) is 14.7 Å². The van der Waals surface area contributed by atoms with Crippen LogP contribution >= 0.6 is 0 Å². The molecule has 4 aliphatic rings. The SMILES string of the molecule is O=C(O)C(CN1C=C2C(=O)N(C3CCNCC3)CN2C1)N1CCCCC1=O. The van der Waals surface area contributed by atoms with Gasteiger partial charge in [0.15, 0.2) is 0 Å². The van der Waals surface area contributed by atoms with E-state index in [1.165, 1.54) is 4.90 Å². The standard InChI is InChI=1S/C18H27N5O4/c24-16-3-1-2-8-22(16)15(18(26)27)10-20-9-14-17(25)23(12-21(14)11-20)13-4-6-19-7-5-13/h9,13,15,19H,1-8,10-12H2,(H,26,27). The zero-order valence-corrected chi connectivity index (χ0v) is 15.5. The topological polar surface area (TPSA) is 96.4 Å². The summed E-state index contributed by atoms with van der Waals surface area (Å²) in [6, 6.07) is -0.596. The van der Waals surface area contributed by atoms with Crippen molar-refractivity contribution >= 4 is 17.8 Å². The smallest absolute Gasteiger partial charge is 0.328 e. The molecule has 1 atom stereocenters. The van der Waals surface area contributed by atoms with E-state index in [2.05, 4.69) is 5.32 Å². The van der Waals surface area contributed by atoms with Crippen LogP contribution < -0.4 is 5.32 Å². The van der Waals surface area contributed by atoms with Gasteiger partial charge in [-0.05, 0) is 38.8 Å². The lowest BCUT2D eigenvalue weighted by atomic mass is 10.1. The average molecular weight is 377 g/mol. The highest BCUT2D eigenvalue weighted by molar-refractivity contribution is 5.95. The van der Waals surface area contributed by atoms with Crippen LogP contribution in [0.2, 0.25) is 0 Å². The van der Waals surface area contributed by atoms with Gasteiger partial charge < -0.3 is 30.0 Å². The van der Waals surface area contributed by atoms with Crippen LogP contribution in [0.5, 0.6) is 0 Å². The van der Waals surface area contributed by atoms with Crippen molar-refractivity contribution in [3.8, 4) is 0 Å². The largest absolute Gasteiger partial charge is 0.480 e. The Balaban J connectivity index is 1.42. The number of hydrogen-bond acceptors (Lipinski definition) is 6. The molecule has 0 aliphatic carbocycles. The molecule has 0 saturated carbocycles. The number of carboxylic acid groups (broad SMARTS) is 1. The number of nitrogens with zero attached hydrogens (tertiary/aromatic N) is 4. The van der Waals surface area contributed by atoms with Gasteiger partial charge in [-0.2, -0.15) is 0 Å². The number of hydrogen-bond donors (Lipinski definition) is 2. The van der Waals surface area contributed by atoms with Crippen molar-refractivity contribution in [3.05, 3.63) is 11.9 Å². The second-order valence-corrected chi connectivity index (χ2v) is 7.76. The monoisotopic (exact) mass is 377 g/mol. The normalized spacial score (nSPS) is 25.1. The number of aliphatic carboxylic acids is 1. The van der Waals surface area contributed by atoms with Gasteiger partial charge >= 0.3 is 5.97 Å². The minimum absolute atomic E-state index is 0.0327. The van der Waals surface area contributed by atoms with Crippen molar-refractivity contribution in [1.29, 1.82) is 0 Å². The number of amides is 2. The molecule has 0 aromatic carbocycles. The molecule has 4 rings (SSSR count). The summed E-state index contributed by atoms with van der Waals surface area (Å²) in [6.45, 7) is 3.63. The maximum absolute atomic E-state index is 12.8. The Kier molecular flexibility index (Phi) is 4.94. The van der Waals surface area contributed by atoms with E-state index in [0.717, 1.165) is 38.8 Å². The van der Waals surface area contributed by atoms with Crippen molar-refractivity contribution in [1.82, 2.24) is 24.9 Å². The van der Waals surface area contributed by atoms with Crippen LogP contribution in [0.15, 0.2) is 11.9 Å². The molecule has 3 fully saturated rings. The Hall–Kier alpha value is -2.29. The molecule has 27 heavy (non-hydrogen) atoms. The average Bonchev–Trinajstić information content (AvgIpc) is 3.20. The summed E-state index contributed by atoms with van der Waals surface area (Å²) in [5.74, 6) is -1.04. The molecule has 4 aliphatic heterocycles. The van der Waals surface area contributed by atoms with Crippen molar-refractivity contribution in [3.63, 3.8) is 0 Å². The third-order valence-corrected chi connectivity index (χ3v) is 5.98. The first kappa shape index (κ1) is 18.1. The van der Waals surface area contributed by atoms with Gasteiger partial charge in [0.1, 0.15) is 11.7 Å². The maximum atomic E-state index is 12.8. The molecule has 0 aromatic rings. The van der Waals surface area contributed by atoms with Gasteiger partial charge in [0.2, 0.25) is 5.91 Å². The Labute approximate surface area is 158 Å². The van der Waals surface area contributed by atoms with Crippen LogP contribution in [0.25, 0.3) is 0 Å². The van der Waals surface area contributed by atoms with Crippen molar-refractivity contribution < 1.29 is 19.5 Å². The highest BCUT2D eigenvalue weighted by atomic mass is 16.4. The molecule has 4 heterocycles. The second-order valence-electron chi connectivity index (χ2n) is 7.76. The van der Waals surface area contributed by atoms with Crippen LogP contribution in [0, 0.1) is 0 Å². The number of carbonyl (C=O) groups is 3. The first-order valence-electron chi connectivity index (χ1n) is 9.79. The van der Waals surface area contributed by atoms with Gasteiger partial charge in [-0.1, -0.05) is 0 Å². The van der Waals surface area contributed by atoms with E-state index in [4.69, 9.17) is 0 Å².